The molecule has 2 atom stereocenters. The first-order chi connectivity index (χ1) is 12.4. The fourth-order valence-corrected chi connectivity index (χ4v) is 6.48. The highest BCUT2D eigenvalue weighted by atomic mass is 32.2. The molecule has 6 nitrogen and oxygen atoms in total. The molecule has 8 heteroatoms. The molecule has 2 saturated heterocycles. The number of sulfone groups is 1. The van der Waals surface area contributed by atoms with Crippen molar-refractivity contribution in [1.82, 2.24) is 9.55 Å². The van der Waals surface area contributed by atoms with Gasteiger partial charge in [-0.2, -0.15) is 0 Å². The summed E-state index contributed by atoms with van der Waals surface area (Å²) in [6.07, 6.45) is 3.23. The molecule has 26 heavy (non-hydrogen) atoms. The maximum Gasteiger partial charge on any atom is 0.183 e. The Hall–Kier alpha value is -1.38. The first-order valence-electron chi connectivity index (χ1n) is 9.13. The van der Waals surface area contributed by atoms with E-state index in [2.05, 4.69) is 28.3 Å². The van der Waals surface area contributed by atoms with Crippen molar-refractivity contribution >= 4 is 26.3 Å². The molecule has 0 aromatic carbocycles. The van der Waals surface area contributed by atoms with E-state index in [-0.39, 0.29) is 23.7 Å². The number of ether oxygens (including phenoxy) is 1. The zero-order chi connectivity index (χ0) is 18.3. The molecule has 4 rings (SSSR count). The van der Waals surface area contributed by atoms with Crippen molar-refractivity contribution in [3.63, 3.8) is 0 Å². The number of thiazole rings is 1. The van der Waals surface area contributed by atoms with Gasteiger partial charge in [-0.25, -0.2) is 13.4 Å². The highest BCUT2D eigenvalue weighted by molar-refractivity contribution is 7.91. The fraction of sp³-hybridized carbons (Fsp3) is 0.611. The number of rotatable bonds is 5. The van der Waals surface area contributed by atoms with Gasteiger partial charge in [-0.15, -0.1) is 11.3 Å². The summed E-state index contributed by atoms with van der Waals surface area (Å²) >= 11 is 1.60. The topological polar surface area (TPSA) is 73.2 Å². The SMILES string of the molecule is Cc1cc(-c2csc(NC[C@H]3CCCO3)n2)c(C)n1[C@H]1CCS(=O)(=O)C1. The largest absolute Gasteiger partial charge is 0.376 e. The van der Waals surface area contributed by atoms with Gasteiger partial charge in [0.25, 0.3) is 0 Å². The van der Waals surface area contributed by atoms with Gasteiger partial charge in [-0.1, -0.05) is 0 Å². The van der Waals surface area contributed by atoms with Crippen LogP contribution in [0.4, 0.5) is 5.13 Å². The second-order valence-corrected chi connectivity index (χ2v) is 10.4. The Morgan fingerprint density at radius 1 is 1.38 bits per heavy atom. The molecule has 142 valence electrons. The van der Waals surface area contributed by atoms with Crippen molar-refractivity contribution in [2.45, 2.75) is 45.3 Å². The third-order valence-electron chi connectivity index (χ3n) is 5.34. The average molecular weight is 396 g/mol. The summed E-state index contributed by atoms with van der Waals surface area (Å²) < 4.78 is 31.5. The first kappa shape index (κ1) is 18.0. The van der Waals surface area contributed by atoms with Gasteiger partial charge in [0.1, 0.15) is 0 Å². The Morgan fingerprint density at radius 3 is 2.92 bits per heavy atom. The number of hydrogen-bond donors (Lipinski definition) is 1. The molecule has 1 N–H and O–H groups in total. The van der Waals surface area contributed by atoms with Crippen molar-refractivity contribution < 1.29 is 13.2 Å². The zero-order valence-electron chi connectivity index (χ0n) is 15.2. The molecule has 4 heterocycles. The third-order valence-corrected chi connectivity index (χ3v) is 7.89. The number of nitrogens with one attached hydrogen (secondary N) is 1. The van der Waals surface area contributed by atoms with Gasteiger partial charge in [0.05, 0.1) is 23.3 Å². The fourth-order valence-electron chi connectivity index (χ4n) is 4.06. The molecule has 2 fully saturated rings. The number of anilines is 1. The summed E-state index contributed by atoms with van der Waals surface area (Å²) in [5.41, 5.74) is 4.24. The van der Waals surface area contributed by atoms with Gasteiger partial charge in [-0.3, -0.25) is 0 Å². The summed E-state index contributed by atoms with van der Waals surface area (Å²) in [6.45, 7) is 5.76. The van der Waals surface area contributed by atoms with Crippen LogP contribution in [-0.4, -0.2) is 48.7 Å². The lowest BCUT2D eigenvalue weighted by Gasteiger charge is -2.16. The van der Waals surface area contributed by atoms with E-state index in [0.717, 1.165) is 53.8 Å². The maximum atomic E-state index is 11.9. The highest BCUT2D eigenvalue weighted by Gasteiger charge is 2.31. The standard InChI is InChI=1S/C18H25N3O3S2/c1-12-8-16(13(2)21(12)14-5-7-26(22,23)11-14)17-10-25-18(20-17)19-9-15-4-3-6-24-15/h8,10,14-15H,3-7,9,11H2,1-2H3,(H,19,20)/t14-,15+/m0/s1. The zero-order valence-corrected chi connectivity index (χ0v) is 16.8. The average Bonchev–Trinajstić information content (AvgIpc) is 3.34. The van der Waals surface area contributed by atoms with Gasteiger partial charge in [0, 0.05) is 41.5 Å². The summed E-state index contributed by atoms with van der Waals surface area (Å²) in [4.78, 5) is 4.73. The molecule has 0 spiro atoms. The van der Waals surface area contributed by atoms with Crippen LogP contribution in [0.5, 0.6) is 0 Å². The van der Waals surface area contributed by atoms with Crippen molar-refractivity contribution in [2.75, 3.05) is 30.0 Å². The smallest absolute Gasteiger partial charge is 0.183 e. The molecule has 2 aromatic heterocycles. The normalized spacial score (nSPS) is 25.0. The minimum atomic E-state index is -2.90. The molecule has 0 aliphatic carbocycles. The van der Waals surface area contributed by atoms with Gasteiger partial charge in [-0.05, 0) is 39.2 Å². The molecule has 0 unspecified atom stereocenters. The summed E-state index contributed by atoms with van der Waals surface area (Å²) in [6, 6.07) is 2.17. The Kier molecular flexibility index (Phi) is 4.83. The molecule has 2 aliphatic rings. The minimum absolute atomic E-state index is 0.0458. The Balaban J connectivity index is 1.52. The summed E-state index contributed by atoms with van der Waals surface area (Å²) in [7, 11) is -2.90. The van der Waals surface area contributed by atoms with Crippen LogP contribution >= 0.6 is 11.3 Å². The minimum Gasteiger partial charge on any atom is -0.376 e. The van der Waals surface area contributed by atoms with E-state index in [4.69, 9.17) is 9.72 Å². The Bertz CT molecular complexity index is 895. The molecule has 0 radical (unpaired) electrons. The molecule has 2 aromatic rings. The number of aryl methyl sites for hydroxylation is 1. The van der Waals surface area contributed by atoms with E-state index < -0.39 is 9.84 Å². The van der Waals surface area contributed by atoms with E-state index >= 15 is 0 Å². The van der Waals surface area contributed by atoms with Crippen molar-refractivity contribution in [2.24, 2.45) is 0 Å². The van der Waals surface area contributed by atoms with Crippen LogP contribution in [0.2, 0.25) is 0 Å². The monoisotopic (exact) mass is 395 g/mol. The van der Waals surface area contributed by atoms with Crippen molar-refractivity contribution in [1.29, 1.82) is 0 Å². The molecule has 0 amide bonds. The van der Waals surface area contributed by atoms with E-state index in [0.29, 0.717) is 6.42 Å². The Labute approximate surface area is 158 Å². The number of aromatic nitrogens is 2. The third kappa shape index (κ3) is 3.54. The lowest BCUT2D eigenvalue weighted by molar-refractivity contribution is 0.120. The molecular formula is C18H25N3O3S2. The van der Waals surface area contributed by atoms with Crippen LogP contribution in [-0.2, 0) is 14.6 Å². The van der Waals surface area contributed by atoms with E-state index in [1.807, 2.05) is 6.92 Å². The summed E-state index contributed by atoms with van der Waals surface area (Å²) in [5.74, 6) is 0.534. The highest BCUT2D eigenvalue weighted by Crippen LogP contribution is 2.34. The van der Waals surface area contributed by atoms with Crippen LogP contribution in [0.3, 0.4) is 0 Å². The van der Waals surface area contributed by atoms with Gasteiger partial charge < -0.3 is 14.6 Å². The van der Waals surface area contributed by atoms with Crippen LogP contribution < -0.4 is 5.32 Å². The quantitative estimate of drug-likeness (QED) is 0.842. The molecule has 0 saturated carbocycles. The lowest BCUT2D eigenvalue weighted by atomic mass is 10.2. The van der Waals surface area contributed by atoms with Crippen molar-refractivity contribution in [3.05, 3.63) is 22.8 Å². The number of hydrogen-bond acceptors (Lipinski definition) is 6. The predicted octanol–water partition coefficient (Wildman–Crippen LogP) is 3.18. The molecular weight excluding hydrogens is 370 g/mol. The lowest BCUT2D eigenvalue weighted by Crippen LogP contribution is -2.18. The summed E-state index contributed by atoms with van der Waals surface area (Å²) in [5, 5.41) is 6.35. The van der Waals surface area contributed by atoms with Gasteiger partial charge in [0.15, 0.2) is 15.0 Å². The van der Waals surface area contributed by atoms with Gasteiger partial charge >= 0.3 is 0 Å². The number of nitrogens with zero attached hydrogens (tertiary/aromatic N) is 2. The van der Waals surface area contributed by atoms with E-state index in [1.54, 1.807) is 11.3 Å². The molecule has 2 aliphatic heterocycles. The first-order valence-corrected chi connectivity index (χ1v) is 11.8. The van der Waals surface area contributed by atoms with Gasteiger partial charge in [0.2, 0.25) is 0 Å². The molecule has 0 bridgehead atoms. The van der Waals surface area contributed by atoms with E-state index in [1.165, 1.54) is 0 Å². The second-order valence-electron chi connectivity index (χ2n) is 7.27. The predicted molar refractivity (Wildman–Crippen MR) is 105 cm³/mol. The van der Waals surface area contributed by atoms with Crippen LogP contribution in [0.15, 0.2) is 11.4 Å². The second kappa shape index (κ2) is 6.98. The van der Waals surface area contributed by atoms with Crippen molar-refractivity contribution in [3.8, 4) is 11.3 Å². The maximum absolute atomic E-state index is 11.9. The Morgan fingerprint density at radius 2 is 2.23 bits per heavy atom. The van der Waals surface area contributed by atoms with Crippen LogP contribution in [0.25, 0.3) is 11.3 Å². The van der Waals surface area contributed by atoms with Crippen LogP contribution in [0.1, 0.15) is 36.7 Å². The van der Waals surface area contributed by atoms with E-state index in [9.17, 15) is 8.42 Å². The van der Waals surface area contributed by atoms with Crippen LogP contribution in [0, 0.1) is 13.8 Å².